The summed E-state index contributed by atoms with van der Waals surface area (Å²) in [7, 11) is 0. The maximum atomic E-state index is 12.0. The molecule has 1 aliphatic heterocycles. The van der Waals surface area contributed by atoms with Crippen molar-refractivity contribution in [2.75, 3.05) is 24.6 Å². The molecule has 0 aromatic heterocycles. The zero-order chi connectivity index (χ0) is 15.2. The molecule has 1 aliphatic rings. The van der Waals surface area contributed by atoms with E-state index in [1.807, 2.05) is 32.0 Å². The van der Waals surface area contributed by atoms with Crippen molar-refractivity contribution in [1.29, 1.82) is 0 Å². The van der Waals surface area contributed by atoms with Gasteiger partial charge in [0.1, 0.15) is 5.75 Å². The molecule has 1 heterocycles. The number of benzene rings is 1. The molecule has 0 fully saturated rings. The molecule has 0 aliphatic carbocycles. The van der Waals surface area contributed by atoms with Gasteiger partial charge in [0.05, 0.1) is 5.69 Å². The van der Waals surface area contributed by atoms with Crippen LogP contribution in [0.15, 0.2) is 18.2 Å². The molecule has 0 saturated heterocycles. The number of nitrogens with one attached hydrogen (secondary N) is 1. The van der Waals surface area contributed by atoms with E-state index in [2.05, 4.69) is 5.32 Å². The van der Waals surface area contributed by atoms with Gasteiger partial charge in [-0.3, -0.25) is 9.59 Å². The number of carbonyl (C=O) groups is 2. The molecule has 0 saturated carbocycles. The molecule has 1 aromatic rings. The monoisotopic (exact) mass is 290 g/mol. The molecule has 0 atom stereocenters. The van der Waals surface area contributed by atoms with Crippen LogP contribution in [0.4, 0.5) is 5.69 Å². The number of anilines is 1. The van der Waals surface area contributed by atoms with Crippen LogP contribution >= 0.6 is 0 Å². The van der Waals surface area contributed by atoms with Gasteiger partial charge in [0, 0.05) is 19.5 Å². The normalized spacial score (nSPS) is 13.6. The summed E-state index contributed by atoms with van der Waals surface area (Å²) in [5.74, 6) is 0.729. The number of ether oxygens (including phenoxy) is 1. The molecule has 1 N–H and O–H groups in total. The van der Waals surface area contributed by atoms with Gasteiger partial charge in [-0.25, -0.2) is 0 Å². The van der Waals surface area contributed by atoms with Gasteiger partial charge in [-0.1, -0.05) is 13.0 Å². The molecule has 21 heavy (non-hydrogen) atoms. The Labute approximate surface area is 125 Å². The Balaban J connectivity index is 1.94. The molecule has 0 radical (unpaired) electrons. The summed E-state index contributed by atoms with van der Waals surface area (Å²) in [6.45, 7) is 5.32. The van der Waals surface area contributed by atoms with E-state index in [9.17, 15) is 9.59 Å². The quantitative estimate of drug-likeness (QED) is 0.872. The second-order valence-electron chi connectivity index (χ2n) is 5.26. The van der Waals surface area contributed by atoms with Crippen LogP contribution in [0.3, 0.4) is 0 Å². The smallest absolute Gasteiger partial charge is 0.265 e. The lowest BCUT2D eigenvalue weighted by molar-refractivity contribution is -0.122. The second kappa shape index (κ2) is 7.11. The third-order valence-corrected chi connectivity index (χ3v) is 3.42. The summed E-state index contributed by atoms with van der Waals surface area (Å²) in [5.41, 5.74) is 1.90. The first kappa shape index (κ1) is 15.4. The number of hydrogen-bond acceptors (Lipinski definition) is 3. The average Bonchev–Trinajstić information content (AvgIpc) is 2.47. The Kier molecular flexibility index (Phi) is 5.20. The zero-order valence-electron chi connectivity index (χ0n) is 12.6. The third kappa shape index (κ3) is 3.97. The third-order valence-electron chi connectivity index (χ3n) is 3.42. The molecule has 2 amide bonds. The molecule has 5 nitrogen and oxygen atoms in total. The van der Waals surface area contributed by atoms with Crippen LogP contribution < -0.4 is 15.0 Å². The lowest BCUT2D eigenvalue weighted by Crippen LogP contribution is -2.39. The van der Waals surface area contributed by atoms with Crippen LogP contribution in [-0.4, -0.2) is 31.5 Å². The van der Waals surface area contributed by atoms with E-state index in [-0.39, 0.29) is 18.4 Å². The first-order valence-electron chi connectivity index (χ1n) is 7.42. The average molecular weight is 290 g/mol. The van der Waals surface area contributed by atoms with Gasteiger partial charge in [-0.15, -0.1) is 0 Å². The van der Waals surface area contributed by atoms with Crippen molar-refractivity contribution >= 4 is 17.5 Å². The molecule has 0 spiro atoms. The lowest BCUT2D eigenvalue weighted by Gasteiger charge is -2.29. The van der Waals surface area contributed by atoms with Crippen molar-refractivity contribution in [2.24, 2.45) is 0 Å². The molecular formula is C16H22N2O3. The minimum Gasteiger partial charge on any atom is -0.482 e. The number of nitrogens with zero attached hydrogens (tertiary/aromatic N) is 1. The van der Waals surface area contributed by atoms with Gasteiger partial charge >= 0.3 is 0 Å². The number of aryl methyl sites for hydroxylation is 1. The highest BCUT2D eigenvalue weighted by Gasteiger charge is 2.25. The van der Waals surface area contributed by atoms with Crippen molar-refractivity contribution in [2.45, 2.75) is 33.1 Å². The van der Waals surface area contributed by atoms with Gasteiger partial charge in [-0.2, -0.15) is 0 Å². The summed E-state index contributed by atoms with van der Waals surface area (Å²) in [6.07, 6.45) is 2.01. The topological polar surface area (TPSA) is 58.6 Å². The van der Waals surface area contributed by atoms with E-state index >= 15 is 0 Å². The molecule has 0 bridgehead atoms. The number of carbonyl (C=O) groups excluding carboxylic acids is 2. The maximum absolute atomic E-state index is 12.0. The van der Waals surface area contributed by atoms with Gasteiger partial charge in [0.15, 0.2) is 6.61 Å². The van der Waals surface area contributed by atoms with E-state index in [4.69, 9.17) is 4.74 Å². The zero-order valence-corrected chi connectivity index (χ0v) is 12.6. The highest BCUT2D eigenvalue weighted by molar-refractivity contribution is 5.97. The Morgan fingerprint density at radius 3 is 3.00 bits per heavy atom. The van der Waals surface area contributed by atoms with E-state index < -0.39 is 0 Å². The summed E-state index contributed by atoms with van der Waals surface area (Å²) in [4.78, 5) is 25.3. The van der Waals surface area contributed by atoms with Crippen LogP contribution in [-0.2, 0) is 9.59 Å². The van der Waals surface area contributed by atoms with Crippen molar-refractivity contribution in [1.82, 2.24) is 5.32 Å². The van der Waals surface area contributed by atoms with Gasteiger partial charge in [0.25, 0.3) is 5.91 Å². The summed E-state index contributed by atoms with van der Waals surface area (Å²) < 4.78 is 5.46. The van der Waals surface area contributed by atoms with Crippen LogP contribution in [0.5, 0.6) is 5.75 Å². The molecule has 2 rings (SSSR count). The SMILES string of the molecule is CCCNC(=O)CCCN1C(=O)COc2cc(C)ccc21. The van der Waals surface area contributed by atoms with Crippen molar-refractivity contribution < 1.29 is 14.3 Å². The predicted molar refractivity (Wildman–Crippen MR) is 81.6 cm³/mol. The fraction of sp³-hybridized carbons (Fsp3) is 0.500. The van der Waals surface area contributed by atoms with Gasteiger partial charge in [-0.05, 0) is 37.5 Å². The van der Waals surface area contributed by atoms with Crippen molar-refractivity contribution in [3.05, 3.63) is 23.8 Å². The lowest BCUT2D eigenvalue weighted by atomic mass is 10.1. The number of amides is 2. The van der Waals surface area contributed by atoms with Gasteiger partial charge < -0.3 is 15.0 Å². The number of rotatable bonds is 6. The predicted octanol–water partition coefficient (Wildman–Crippen LogP) is 2.03. The Morgan fingerprint density at radius 2 is 2.24 bits per heavy atom. The number of fused-ring (bicyclic) bond motifs is 1. The fourth-order valence-corrected chi connectivity index (χ4v) is 2.31. The first-order valence-corrected chi connectivity index (χ1v) is 7.42. The van der Waals surface area contributed by atoms with Crippen LogP contribution in [0.2, 0.25) is 0 Å². The standard InChI is InChI=1S/C16H22N2O3/c1-3-8-17-15(19)5-4-9-18-13-7-6-12(2)10-14(13)21-11-16(18)20/h6-7,10H,3-5,8-9,11H2,1-2H3,(H,17,19). The van der Waals surface area contributed by atoms with E-state index in [1.54, 1.807) is 4.90 Å². The van der Waals surface area contributed by atoms with Crippen LogP contribution in [0.25, 0.3) is 0 Å². The van der Waals surface area contributed by atoms with E-state index in [0.29, 0.717) is 25.9 Å². The Hall–Kier alpha value is -2.04. The first-order chi connectivity index (χ1) is 10.1. The summed E-state index contributed by atoms with van der Waals surface area (Å²) in [5, 5.41) is 2.84. The Morgan fingerprint density at radius 1 is 1.43 bits per heavy atom. The van der Waals surface area contributed by atoms with E-state index in [1.165, 1.54) is 0 Å². The minimum atomic E-state index is -0.0553. The largest absolute Gasteiger partial charge is 0.482 e. The minimum absolute atomic E-state index is 0.0432. The molecule has 5 heteroatoms. The van der Waals surface area contributed by atoms with Gasteiger partial charge in [0.2, 0.25) is 5.91 Å². The molecular weight excluding hydrogens is 268 g/mol. The summed E-state index contributed by atoms with van der Waals surface area (Å²) in [6, 6.07) is 5.80. The highest BCUT2D eigenvalue weighted by Crippen LogP contribution is 2.32. The van der Waals surface area contributed by atoms with Crippen LogP contribution in [0, 0.1) is 6.92 Å². The molecule has 1 aromatic carbocycles. The van der Waals surface area contributed by atoms with Crippen LogP contribution in [0.1, 0.15) is 31.7 Å². The second-order valence-corrected chi connectivity index (χ2v) is 5.26. The number of hydrogen-bond donors (Lipinski definition) is 1. The molecule has 114 valence electrons. The molecule has 0 unspecified atom stereocenters. The summed E-state index contributed by atoms with van der Waals surface area (Å²) >= 11 is 0. The highest BCUT2D eigenvalue weighted by atomic mass is 16.5. The van der Waals surface area contributed by atoms with E-state index in [0.717, 1.165) is 23.4 Å². The van der Waals surface area contributed by atoms with Crippen molar-refractivity contribution in [3.8, 4) is 5.75 Å². The fourth-order valence-electron chi connectivity index (χ4n) is 2.31. The maximum Gasteiger partial charge on any atom is 0.265 e. The van der Waals surface area contributed by atoms with Crippen molar-refractivity contribution in [3.63, 3.8) is 0 Å². The Bertz CT molecular complexity index is 528.